The fourth-order valence-corrected chi connectivity index (χ4v) is 7.50. The second kappa shape index (κ2) is 16.8. The molecular formula is C35H51F3N4O4. The van der Waals surface area contributed by atoms with E-state index in [0.29, 0.717) is 12.1 Å². The minimum Gasteiger partial charge on any atom is -0.475 e. The Morgan fingerprint density at radius 1 is 0.913 bits per heavy atom. The number of hydrogen-bond acceptors (Lipinski definition) is 5. The zero-order chi connectivity index (χ0) is 33.3. The number of carbonyl (C=O) groups excluding carboxylic acids is 1. The lowest BCUT2D eigenvalue weighted by atomic mass is 9.96. The van der Waals surface area contributed by atoms with E-state index in [0.717, 1.165) is 23.7 Å². The summed E-state index contributed by atoms with van der Waals surface area (Å²) in [6, 6.07) is 10.9. The van der Waals surface area contributed by atoms with Gasteiger partial charge in [-0.25, -0.2) is 4.79 Å². The molecule has 0 spiro atoms. The number of piperidine rings is 2. The predicted octanol–water partition coefficient (Wildman–Crippen LogP) is 6.77. The van der Waals surface area contributed by atoms with E-state index in [9.17, 15) is 22.8 Å². The fourth-order valence-electron chi connectivity index (χ4n) is 7.50. The number of fused-ring (bicyclic) bond motifs is 3. The maximum atomic E-state index is 13.3. The molecule has 3 saturated heterocycles. The first-order valence-electron chi connectivity index (χ1n) is 17.2. The van der Waals surface area contributed by atoms with Crippen molar-refractivity contribution >= 4 is 22.8 Å². The second-order valence-electron chi connectivity index (χ2n) is 13.5. The first-order valence-corrected chi connectivity index (χ1v) is 17.2. The molecule has 1 amide bonds. The molecule has 1 aromatic heterocycles. The number of likely N-dealkylation sites (tertiary alicyclic amines) is 1. The van der Waals surface area contributed by atoms with Gasteiger partial charge < -0.3 is 19.9 Å². The number of nitrogens with one attached hydrogen (secondary N) is 1. The number of rotatable bonds is 12. The Bertz CT molecular complexity index is 1340. The predicted molar refractivity (Wildman–Crippen MR) is 174 cm³/mol. The highest BCUT2D eigenvalue weighted by Crippen LogP contribution is 2.36. The maximum absolute atomic E-state index is 13.3. The van der Waals surface area contributed by atoms with Crippen molar-refractivity contribution in [1.29, 1.82) is 0 Å². The van der Waals surface area contributed by atoms with E-state index in [-0.39, 0.29) is 29.1 Å². The highest BCUT2D eigenvalue weighted by atomic mass is 19.4. The molecule has 46 heavy (non-hydrogen) atoms. The standard InChI is InChI=1S/C33H50N4O2.C2HF3O2/c1-25(2)37-31-15-9-8-14-26(31)22-30(33(37)39)32(38)34-27-23-28-16-17-29(24-27)36(28)21-13-6-4-3-5-10-18-35-19-11-7-12-20-35;3-2(4,5)1(6)7/h8-9,14-15,22,25,27-29H,3-7,10-13,16-21,23-24H2,1-2H3,(H,34,38);(H,6,7)/t27?,28-,29+;. The summed E-state index contributed by atoms with van der Waals surface area (Å²) in [6.07, 6.45) is 11.7. The van der Waals surface area contributed by atoms with Crippen molar-refractivity contribution in [3.8, 4) is 0 Å². The average molecular weight is 649 g/mol. The van der Waals surface area contributed by atoms with E-state index >= 15 is 0 Å². The number of para-hydroxylation sites is 1. The molecule has 3 aliphatic heterocycles. The van der Waals surface area contributed by atoms with Gasteiger partial charge in [-0.3, -0.25) is 14.5 Å². The summed E-state index contributed by atoms with van der Waals surface area (Å²) in [5.74, 6) is -2.97. The molecule has 2 N–H and O–H groups in total. The SMILES string of the molecule is CC(C)n1c(=O)c(C(=O)NC2C[C@H]3CC[C@@H](C2)N3CCCCCCCCN2CCCCC2)cc2ccccc21.O=C(O)C(F)(F)F. The van der Waals surface area contributed by atoms with Crippen LogP contribution in [-0.2, 0) is 4.79 Å². The third-order valence-electron chi connectivity index (χ3n) is 9.76. The Morgan fingerprint density at radius 3 is 2.07 bits per heavy atom. The number of alkyl halides is 3. The van der Waals surface area contributed by atoms with E-state index < -0.39 is 12.1 Å². The zero-order valence-corrected chi connectivity index (χ0v) is 27.4. The Hall–Kier alpha value is -2.92. The molecule has 1 aromatic carbocycles. The normalized spacial score (nSPS) is 22.1. The third-order valence-corrected chi connectivity index (χ3v) is 9.76. The number of carboxylic acid groups (broad SMARTS) is 1. The quantitative estimate of drug-likeness (QED) is 0.247. The van der Waals surface area contributed by atoms with Gasteiger partial charge in [0, 0.05) is 24.2 Å². The lowest BCUT2D eigenvalue weighted by molar-refractivity contribution is -0.192. The number of aliphatic carboxylic acids is 1. The van der Waals surface area contributed by atoms with Crippen molar-refractivity contribution in [1.82, 2.24) is 19.7 Å². The van der Waals surface area contributed by atoms with Gasteiger partial charge in [0.2, 0.25) is 0 Å². The summed E-state index contributed by atoms with van der Waals surface area (Å²) >= 11 is 0. The van der Waals surface area contributed by atoms with E-state index in [1.165, 1.54) is 96.8 Å². The summed E-state index contributed by atoms with van der Waals surface area (Å²) < 4.78 is 33.5. The molecule has 3 aliphatic rings. The number of benzene rings is 1. The summed E-state index contributed by atoms with van der Waals surface area (Å²) in [4.78, 5) is 40.9. The number of unbranched alkanes of at least 4 members (excludes halogenated alkanes) is 5. The lowest BCUT2D eigenvalue weighted by Gasteiger charge is -2.39. The molecule has 3 atom stereocenters. The average Bonchev–Trinajstić information content (AvgIpc) is 3.25. The number of pyridine rings is 1. The van der Waals surface area contributed by atoms with E-state index in [2.05, 4.69) is 15.1 Å². The number of nitrogens with zero attached hydrogens (tertiary/aromatic N) is 3. The molecular weight excluding hydrogens is 597 g/mol. The summed E-state index contributed by atoms with van der Waals surface area (Å²) in [6.45, 7) is 9.16. The highest BCUT2D eigenvalue weighted by molar-refractivity contribution is 5.97. The van der Waals surface area contributed by atoms with Crippen molar-refractivity contribution in [3.63, 3.8) is 0 Å². The van der Waals surface area contributed by atoms with Crippen LogP contribution in [0.3, 0.4) is 0 Å². The van der Waals surface area contributed by atoms with Gasteiger partial charge in [-0.05, 0) is 109 Å². The van der Waals surface area contributed by atoms with Crippen molar-refractivity contribution in [2.75, 3.05) is 26.2 Å². The van der Waals surface area contributed by atoms with Crippen LogP contribution in [0.5, 0.6) is 0 Å². The van der Waals surface area contributed by atoms with E-state index in [1.807, 2.05) is 38.1 Å². The highest BCUT2D eigenvalue weighted by Gasteiger charge is 2.41. The van der Waals surface area contributed by atoms with Crippen molar-refractivity contribution in [2.24, 2.45) is 0 Å². The number of hydrogen-bond donors (Lipinski definition) is 2. The molecule has 2 aromatic rings. The van der Waals surface area contributed by atoms with Crippen LogP contribution in [0, 0.1) is 0 Å². The van der Waals surface area contributed by atoms with Crippen LogP contribution in [0.1, 0.15) is 114 Å². The third kappa shape index (κ3) is 9.80. The van der Waals surface area contributed by atoms with E-state index in [4.69, 9.17) is 9.90 Å². The molecule has 0 radical (unpaired) electrons. The Balaban J connectivity index is 0.000000617. The maximum Gasteiger partial charge on any atom is 0.490 e. The first-order chi connectivity index (χ1) is 22.0. The molecule has 11 heteroatoms. The molecule has 0 saturated carbocycles. The Labute approximate surface area is 270 Å². The number of carbonyl (C=O) groups is 2. The minimum atomic E-state index is -5.08. The van der Waals surface area contributed by atoms with Gasteiger partial charge in [-0.15, -0.1) is 0 Å². The van der Waals surface area contributed by atoms with E-state index in [1.54, 1.807) is 10.6 Å². The molecule has 256 valence electrons. The van der Waals surface area contributed by atoms with Crippen LogP contribution in [0.2, 0.25) is 0 Å². The largest absolute Gasteiger partial charge is 0.490 e. The number of aromatic nitrogens is 1. The number of halogens is 3. The van der Waals surface area contributed by atoms with Gasteiger partial charge in [0.1, 0.15) is 5.56 Å². The van der Waals surface area contributed by atoms with Gasteiger partial charge in [0.15, 0.2) is 0 Å². The smallest absolute Gasteiger partial charge is 0.475 e. The van der Waals surface area contributed by atoms with Crippen LogP contribution in [0.15, 0.2) is 35.1 Å². The molecule has 1 unspecified atom stereocenters. The zero-order valence-electron chi connectivity index (χ0n) is 27.4. The number of carboxylic acids is 1. The van der Waals surface area contributed by atoms with Crippen LogP contribution in [0.25, 0.3) is 10.9 Å². The second-order valence-corrected chi connectivity index (χ2v) is 13.5. The topological polar surface area (TPSA) is 94.9 Å². The number of amides is 1. The van der Waals surface area contributed by atoms with Crippen LogP contribution in [0.4, 0.5) is 13.2 Å². The van der Waals surface area contributed by atoms with Gasteiger partial charge in [-0.2, -0.15) is 13.2 Å². The summed E-state index contributed by atoms with van der Waals surface area (Å²) in [5.41, 5.74) is 0.971. The lowest BCUT2D eigenvalue weighted by Crippen LogP contribution is -2.51. The van der Waals surface area contributed by atoms with Crippen molar-refractivity contribution < 1.29 is 27.9 Å². The van der Waals surface area contributed by atoms with Crippen LogP contribution >= 0.6 is 0 Å². The molecule has 5 rings (SSSR count). The van der Waals surface area contributed by atoms with Crippen molar-refractivity contribution in [3.05, 3.63) is 46.2 Å². The first kappa shape index (κ1) is 35.9. The molecule has 4 heterocycles. The molecule has 2 bridgehead atoms. The van der Waals surface area contributed by atoms with Gasteiger partial charge in [0.05, 0.1) is 5.52 Å². The van der Waals surface area contributed by atoms with Crippen molar-refractivity contribution in [2.45, 2.75) is 128 Å². The summed E-state index contributed by atoms with van der Waals surface area (Å²) in [7, 11) is 0. The van der Waals surface area contributed by atoms with Crippen LogP contribution in [-0.4, -0.2) is 81.8 Å². The van der Waals surface area contributed by atoms with Gasteiger partial charge >= 0.3 is 12.1 Å². The monoisotopic (exact) mass is 648 g/mol. The van der Waals surface area contributed by atoms with Gasteiger partial charge in [-0.1, -0.05) is 50.3 Å². The Kier molecular flexibility index (Phi) is 13.1. The van der Waals surface area contributed by atoms with Crippen LogP contribution < -0.4 is 10.9 Å². The molecule has 0 aliphatic carbocycles. The Morgan fingerprint density at radius 2 is 1.48 bits per heavy atom. The minimum absolute atomic E-state index is 0.00575. The molecule has 3 fully saturated rings. The summed E-state index contributed by atoms with van der Waals surface area (Å²) in [5, 5.41) is 11.3. The van der Waals surface area contributed by atoms with Gasteiger partial charge in [0.25, 0.3) is 11.5 Å². The molecule has 8 nitrogen and oxygen atoms in total. The fraction of sp³-hybridized carbons (Fsp3) is 0.686.